The van der Waals surface area contributed by atoms with Gasteiger partial charge in [0.25, 0.3) is 0 Å². The Morgan fingerprint density at radius 1 is 1.73 bits per heavy atom. The predicted molar refractivity (Wildman–Crippen MR) is 44.1 cm³/mol. The van der Waals surface area contributed by atoms with Crippen LogP contribution in [-0.4, -0.2) is 18.4 Å². The van der Waals surface area contributed by atoms with Crippen molar-refractivity contribution in [3.05, 3.63) is 0 Å². The molecular weight excluding hydrogens is 138 g/mol. The number of Topliss-reactive ketones (excluding diaryl/α,β-unsaturated/α-hetero) is 1. The van der Waals surface area contributed by atoms with Crippen molar-refractivity contribution in [2.45, 2.75) is 32.2 Å². The lowest BCUT2D eigenvalue weighted by Gasteiger charge is -2.04. The maximum absolute atomic E-state index is 11.2. The van der Waals surface area contributed by atoms with Gasteiger partial charge in [-0.15, -0.1) is 5.92 Å². The Bertz CT molecular complexity index is 193. The number of rotatable bonds is 2. The van der Waals surface area contributed by atoms with Crippen LogP contribution in [0.4, 0.5) is 0 Å². The van der Waals surface area contributed by atoms with Crippen LogP contribution in [0.3, 0.4) is 0 Å². The van der Waals surface area contributed by atoms with Crippen molar-refractivity contribution in [2.24, 2.45) is 0 Å². The van der Waals surface area contributed by atoms with Crippen LogP contribution in [0, 0.1) is 11.8 Å². The van der Waals surface area contributed by atoms with Crippen molar-refractivity contribution in [1.82, 2.24) is 5.32 Å². The van der Waals surface area contributed by atoms with E-state index in [0.717, 1.165) is 19.4 Å². The molecule has 0 spiro atoms. The molecule has 0 saturated carbocycles. The molecule has 0 unspecified atom stereocenters. The lowest BCUT2D eigenvalue weighted by atomic mass is 10.1. The average molecular weight is 151 g/mol. The van der Waals surface area contributed by atoms with Gasteiger partial charge in [0, 0.05) is 0 Å². The Balaban J connectivity index is 2.32. The summed E-state index contributed by atoms with van der Waals surface area (Å²) in [6.07, 6.45) is 2.52. The van der Waals surface area contributed by atoms with E-state index in [9.17, 15) is 4.79 Å². The normalized spacial score (nSPS) is 22.5. The summed E-state index contributed by atoms with van der Waals surface area (Å²) in [6, 6.07) is 0.0934. The number of nitrogens with one attached hydrogen (secondary N) is 1. The Morgan fingerprint density at radius 2 is 2.55 bits per heavy atom. The fraction of sp³-hybridized carbons (Fsp3) is 0.667. The van der Waals surface area contributed by atoms with Gasteiger partial charge in [-0.2, -0.15) is 0 Å². The van der Waals surface area contributed by atoms with Gasteiger partial charge in [-0.25, -0.2) is 0 Å². The summed E-state index contributed by atoms with van der Waals surface area (Å²) in [5.41, 5.74) is 0. The molecule has 0 aromatic rings. The lowest BCUT2D eigenvalue weighted by molar-refractivity contribution is -0.119. The quantitative estimate of drug-likeness (QED) is 0.589. The monoisotopic (exact) mass is 151 g/mol. The van der Waals surface area contributed by atoms with Crippen molar-refractivity contribution in [3.8, 4) is 11.8 Å². The van der Waals surface area contributed by atoms with E-state index in [-0.39, 0.29) is 11.8 Å². The summed E-state index contributed by atoms with van der Waals surface area (Å²) in [6.45, 7) is 2.74. The minimum Gasteiger partial charge on any atom is -0.307 e. The summed E-state index contributed by atoms with van der Waals surface area (Å²) >= 11 is 0. The first-order valence-corrected chi connectivity index (χ1v) is 4.00. The summed E-state index contributed by atoms with van der Waals surface area (Å²) in [5.74, 6) is 5.76. The van der Waals surface area contributed by atoms with Gasteiger partial charge in [-0.3, -0.25) is 4.79 Å². The molecule has 2 nitrogen and oxygen atoms in total. The molecule has 1 saturated heterocycles. The van der Waals surface area contributed by atoms with Crippen LogP contribution in [0.25, 0.3) is 0 Å². The van der Waals surface area contributed by atoms with E-state index in [1.807, 2.05) is 0 Å². The molecule has 1 N–H and O–H groups in total. The molecule has 1 aliphatic rings. The molecule has 0 amide bonds. The number of hydrogen-bond acceptors (Lipinski definition) is 2. The van der Waals surface area contributed by atoms with Gasteiger partial charge in [0.2, 0.25) is 0 Å². The van der Waals surface area contributed by atoms with Crippen LogP contribution in [0.2, 0.25) is 0 Å². The summed E-state index contributed by atoms with van der Waals surface area (Å²) < 4.78 is 0. The standard InChI is InChI=1S/C9H13NO/c1-2-3-6-9(11)8-5-4-7-10-8/h8,10H,4-7H2,1H3/t8-/m1/s1. The molecule has 1 heterocycles. The van der Waals surface area contributed by atoms with E-state index >= 15 is 0 Å². The van der Waals surface area contributed by atoms with Gasteiger partial charge in [0.1, 0.15) is 0 Å². The van der Waals surface area contributed by atoms with E-state index in [1.54, 1.807) is 6.92 Å². The lowest BCUT2D eigenvalue weighted by Crippen LogP contribution is -2.30. The second-order valence-electron chi connectivity index (χ2n) is 2.72. The van der Waals surface area contributed by atoms with Gasteiger partial charge in [-0.1, -0.05) is 5.92 Å². The summed E-state index contributed by atoms with van der Waals surface area (Å²) in [4.78, 5) is 11.2. The summed E-state index contributed by atoms with van der Waals surface area (Å²) in [7, 11) is 0. The summed E-state index contributed by atoms with van der Waals surface area (Å²) in [5, 5.41) is 3.15. The van der Waals surface area contributed by atoms with Crippen LogP contribution in [-0.2, 0) is 4.79 Å². The highest BCUT2D eigenvalue weighted by Gasteiger charge is 2.20. The van der Waals surface area contributed by atoms with Gasteiger partial charge < -0.3 is 5.32 Å². The molecule has 1 atom stereocenters. The average Bonchev–Trinajstić information content (AvgIpc) is 2.52. The molecule has 11 heavy (non-hydrogen) atoms. The third kappa shape index (κ3) is 2.36. The molecule has 1 rings (SSSR count). The number of hydrogen-bond donors (Lipinski definition) is 1. The highest BCUT2D eigenvalue weighted by Crippen LogP contribution is 2.06. The van der Waals surface area contributed by atoms with E-state index in [2.05, 4.69) is 17.2 Å². The van der Waals surface area contributed by atoms with E-state index < -0.39 is 0 Å². The largest absolute Gasteiger partial charge is 0.307 e. The minimum atomic E-state index is 0.0934. The molecule has 60 valence electrons. The molecule has 0 aliphatic carbocycles. The third-order valence-electron chi connectivity index (χ3n) is 1.89. The fourth-order valence-corrected chi connectivity index (χ4v) is 1.26. The van der Waals surface area contributed by atoms with Gasteiger partial charge in [0.15, 0.2) is 5.78 Å². The Morgan fingerprint density at radius 3 is 3.09 bits per heavy atom. The zero-order chi connectivity index (χ0) is 8.10. The van der Waals surface area contributed by atoms with Crippen molar-refractivity contribution < 1.29 is 4.79 Å². The Kier molecular flexibility index (Phi) is 3.13. The van der Waals surface area contributed by atoms with Crippen LogP contribution in [0.1, 0.15) is 26.2 Å². The van der Waals surface area contributed by atoms with Crippen LogP contribution in [0.5, 0.6) is 0 Å². The van der Waals surface area contributed by atoms with E-state index in [0.29, 0.717) is 6.42 Å². The zero-order valence-corrected chi connectivity index (χ0v) is 6.81. The molecule has 0 bridgehead atoms. The maximum atomic E-state index is 11.2. The second-order valence-corrected chi connectivity index (χ2v) is 2.72. The molecule has 0 aromatic heterocycles. The minimum absolute atomic E-state index is 0.0934. The van der Waals surface area contributed by atoms with Crippen LogP contribution in [0.15, 0.2) is 0 Å². The van der Waals surface area contributed by atoms with Gasteiger partial charge >= 0.3 is 0 Å². The van der Waals surface area contributed by atoms with Crippen LogP contribution >= 0.6 is 0 Å². The predicted octanol–water partition coefficient (Wildman–Crippen LogP) is 0.721. The first-order chi connectivity index (χ1) is 5.34. The SMILES string of the molecule is CC#CCC(=O)[C@H]1CCCN1. The smallest absolute Gasteiger partial charge is 0.161 e. The Hall–Kier alpha value is -0.810. The third-order valence-corrected chi connectivity index (χ3v) is 1.89. The topological polar surface area (TPSA) is 29.1 Å². The molecule has 0 aromatic carbocycles. The molecule has 1 aliphatic heterocycles. The number of carbonyl (C=O) groups is 1. The zero-order valence-electron chi connectivity index (χ0n) is 6.81. The molecule has 1 fully saturated rings. The highest BCUT2D eigenvalue weighted by molar-refractivity contribution is 5.86. The van der Waals surface area contributed by atoms with Gasteiger partial charge in [0.05, 0.1) is 12.5 Å². The maximum Gasteiger partial charge on any atom is 0.161 e. The molecule has 0 radical (unpaired) electrons. The van der Waals surface area contributed by atoms with E-state index in [1.165, 1.54) is 0 Å². The fourth-order valence-electron chi connectivity index (χ4n) is 1.26. The van der Waals surface area contributed by atoms with Crippen molar-refractivity contribution in [3.63, 3.8) is 0 Å². The number of ketones is 1. The molecular formula is C9H13NO. The Labute approximate surface area is 67.4 Å². The highest BCUT2D eigenvalue weighted by atomic mass is 16.1. The molecule has 2 heteroatoms. The first kappa shape index (κ1) is 8.29. The second kappa shape index (κ2) is 4.15. The van der Waals surface area contributed by atoms with Gasteiger partial charge in [-0.05, 0) is 26.3 Å². The van der Waals surface area contributed by atoms with E-state index in [4.69, 9.17) is 0 Å². The first-order valence-electron chi connectivity index (χ1n) is 4.00. The van der Waals surface area contributed by atoms with Crippen molar-refractivity contribution >= 4 is 5.78 Å². The van der Waals surface area contributed by atoms with Crippen molar-refractivity contribution in [2.75, 3.05) is 6.54 Å². The van der Waals surface area contributed by atoms with Crippen molar-refractivity contribution in [1.29, 1.82) is 0 Å². The number of carbonyl (C=O) groups excluding carboxylic acids is 1. The van der Waals surface area contributed by atoms with Crippen LogP contribution < -0.4 is 5.32 Å².